The number of hydrogen-bond donors (Lipinski definition) is 1. The van der Waals surface area contributed by atoms with E-state index in [1.165, 1.54) is 31.4 Å². The molecule has 138 valence electrons. The third-order valence-electron chi connectivity index (χ3n) is 3.06. The molecule has 0 aliphatic rings. The van der Waals surface area contributed by atoms with E-state index >= 15 is 0 Å². The van der Waals surface area contributed by atoms with Crippen molar-refractivity contribution in [3.05, 3.63) is 53.8 Å². The smallest absolute Gasteiger partial charge is 0.387 e. The molecule has 0 aliphatic carbocycles. The van der Waals surface area contributed by atoms with Crippen LogP contribution >= 0.6 is 0 Å². The summed E-state index contributed by atoms with van der Waals surface area (Å²) in [6, 6.07) is 8.64. The summed E-state index contributed by atoms with van der Waals surface area (Å²) in [4.78, 5) is 23.7. The lowest BCUT2D eigenvalue weighted by Crippen LogP contribution is -2.21. The summed E-state index contributed by atoms with van der Waals surface area (Å²) < 4.78 is 51.5. The first-order valence-electron chi connectivity index (χ1n) is 7.24. The van der Waals surface area contributed by atoms with Crippen LogP contribution < -0.4 is 14.8 Å². The summed E-state index contributed by atoms with van der Waals surface area (Å²) in [5.74, 6) is -2.42. The molecule has 26 heavy (non-hydrogen) atoms. The van der Waals surface area contributed by atoms with Gasteiger partial charge in [-0.15, -0.1) is 0 Å². The topological polar surface area (TPSA) is 73.9 Å². The summed E-state index contributed by atoms with van der Waals surface area (Å²) in [6.45, 7) is -3.67. The van der Waals surface area contributed by atoms with Gasteiger partial charge in [-0.05, 0) is 36.4 Å². The third-order valence-corrected chi connectivity index (χ3v) is 3.06. The Morgan fingerprint density at radius 2 is 1.88 bits per heavy atom. The predicted molar refractivity (Wildman–Crippen MR) is 84.9 cm³/mol. The Balaban J connectivity index is 1.95. The van der Waals surface area contributed by atoms with Gasteiger partial charge in [0.1, 0.15) is 5.82 Å². The molecular weight excluding hydrogens is 355 g/mol. The van der Waals surface area contributed by atoms with Crippen LogP contribution in [-0.2, 0) is 9.53 Å². The fourth-order valence-electron chi connectivity index (χ4n) is 1.97. The van der Waals surface area contributed by atoms with Gasteiger partial charge in [0.2, 0.25) is 0 Å². The number of anilines is 1. The molecule has 0 aromatic heterocycles. The minimum Gasteiger partial charge on any atom is -0.493 e. The van der Waals surface area contributed by atoms with Crippen molar-refractivity contribution < 1.29 is 37.0 Å². The number of hydrogen-bond acceptors (Lipinski definition) is 5. The first-order chi connectivity index (χ1) is 12.4. The lowest BCUT2D eigenvalue weighted by molar-refractivity contribution is -0.119. The third kappa shape index (κ3) is 5.40. The summed E-state index contributed by atoms with van der Waals surface area (Å²) in [6.07, 6.45) is 0. The minimum atomic E-state index is -3.05. The van der Waals surface area contributed by atoms with E-state index in [9.17, 15) is 22.8 Å². The molecule has 2 rings (SSSR count). The average Bonchev–Trinajstić information content (AvgIpc) is 2.59. The highest BCUT2D eigenvalue weighted by atomic mass is 19.3. The highest BCUT2D eigenvalue weighted by Gasteiger charge is 2.16. The Labute approximate surface area is 146 Å². The number of ether oxygens (including phenoxy) is 3. The lowest BCUT2D eigenvalue weighted by atomic mass is 10.2. The zero-order valence-corrected chi connectivity index (χ0v) is 13.5. The van der Waals surface area contributed by atoms with Crippen LogP contribution in [-0.4, -0.2) is 32.2 Å². The molecule has 2 aromatic carbocycles. The van der Waals surface area contributed by atoms with Gasteiger partial charge in [0.15, 0.2) is 18.1 Å². The van der Waals surface area contributed by atoms with Crippen molar-refractivity contribution in [1.29, 1.82) is 0 Å². The monoisotopic (exact) mass is 369 g/mol. The Morgan fingerprint density at radius 3 is 2.54 bits per heavy atom. The number of carbonyl (C=O) groups is 2. The Kier molecular flexibility index (Phi) is 6.42. The van der Waals surface area contributed by atoms with Gasteiger partial charge >= 0.3 is 12.6 Å². The fraction of sp³-hybridized carbons (Fsp3) is 0.176. The van der Waals surface area contributed by atoms with Gasteiger partial charge in [-0.1, -0.05) is 6.07 Å². The number of rotatable bonds is 7. The Morgan fingerprint density at radius 1 is 1.12 bits per heavy atom. The number of benzene rings is 2. The Bertz CT molecular complexity index is 798. The van der Waals surface area contributed by atoms with E-state index in [1.807, 2.05) is 0 Å². The van der Waals surface area contributed by atoms with Gasteiger partial charge in [0, 0.05) is 5.69 Å². The summed E-state index contributed by atoms with van der Waals surface area (Å²) in [5, 5.41) is 2.36. The molecule has 0 heterocycles. The van der Waals surface area contributed by atoms with E-state index in [4.69, 9.17) is 9.47 Å². The van der Waals surface area contributed by atoms with Crippen molar-refractivity contribution in [2.45, 2.75) is 6.61 Å². The van der Waals surface area contributed by atoms with Crippen molar-refractivity contribution in [3.8, 4) is 11.5 Å². The van der Waals surface area contributed by atoms with Crippen molar-refractivity contribution in [2.24, 2.45) is 0 Å². The van der Waals surface area contributed by atoms with Gasteiger partial charge in [0.05, 0.1) is 12.7 Å². The zero-order valence-electron chi connectivity index (χ0n) is 13.5. The quantitative estimate of drug-likeness (QED) is 0.759. The molecular formula is C17H14F3NO5. The van der Waals surface area contributed by atoms with Gasteiger partial charge in [-0.2, -0.15) is 8.78 Å². The molecule has 0 bridgehead atoms. The van der Waals surface area contributed by atoms with Crippen LogP contribution in [0.3, 0.4) is 0 Å². The standard InChI is InChI=1S/C17H14F3NO5/c1-24-14-7-10(5-6-13(14)26-17(19)20)16(23)25-9-15(22)21-12-4-2-3-11(18)8-12/h2-8,17H,9H2,1H3,(H,21,22). The number of amides is 1. The molecule has 1 amide bonds. The number of methoxy groups -OCH3 is 1. The fourth-order valence-corrected chi connectivity index (χ4v) is 1.97. The van der Waals surface area contributed by atoms with Crippen LogP contribution in [0.4, 0.5) is 18.9 Å². The molecule has 0 unspecified atom stereocenters. The normalized spacial score (nSPS) is 10.3. The van der Waals surface area contributed by atoms with Gasteiger partial charge in [-0.25, -0.2) is 9.18 Å². The van der Waals surface area contributed by atoms with Crippen LogP contribution in [0.15, 0.2) is 42.5 Å². The SMILES string of the molecule is COc1cc(C(=O)OCC(=O)Nc2cccc(F)c2)ccc1OC(F)F. The predicted octanol–water partition coefficient (Wildman–Crippen LogP) is 3.23. The molecule has 2 aromatic rings. The van der Waals surface area contributed by atoms with Gasteiger partial charge in [0.25, 0.3) is 5.91 Å². The van der Waals surface area contributed by atoms with Crippen molar-refractivity contribution >= 4 is 17.6 Å². The molecule has 1 N–H and O–H groups in total. The van der Waals surface area contributed by atoms with E-state index in [1.54, 1.807) is 0 Å². The molecule has 0 fully saturated rings. The van der Waals surface area contributed by atoms with Crippen LogP contribution in [0, 0.1) is 5.82 Å². The lowest BCUT2D eigenvalue weighted by Gasteiger charge is -2.11. The highest BCUT2D eigenvalue weighted by molar-refractivity contribution is 5.95. The maximum Gasteiger partial charge on any atom is 0.387 e. The van der Waals surface area contributed by atoms with E-state index in [0.29, 0.717) is 0 Å². The summed E-state index contributed by atoms with van der Waals surface area (Å²) in [7, 11) is 1.22. The molecule has 0 saturated heterocycles. The van der Waals surface area contributed by atoms with Crippen LogP contribution in [0.1, 0.15) is 10.4 Å². The molecule has 0 radical (unpaired) electrons. The Hall–Kier alpha value is -3.23. The van der Waals surface area contributed by atoms with Crippen LogP contribution in [0.5, 0.6) is 11.5 Å². The van der Waals surface area contributed by atoms with Crippen molar-refractivity contribution in [3.63, 3.8) is 0 Å². The summed E-state index contributed by atoms with van der Waals surface area (Å²) >= 11 is 0. The highest BCUT2D eigenvalue weighted by Crippen LogP contribution is 2.29. The molecule has 0 aliphatic heterocycles. The second kappa shape index (κ2) is 8.75. The van der Waals surface area contributed by atoms with Crippen LogP contribution in [0.2, 0.25) is 0 Å². The molecule has 6 nitrogen and oxygen atoms in total. The second-order valence-electron chi connectivity index (χ2n) is 4.88. The maximum atomic E-state index is 13.0. The van der Waals surface area contributed by atoms with E-state index in [2.05, 4.69) is 10.1 Å². The van der Waals surface area contributed by atoms with Crippen LogP contribution in [0.25, 0.3) is 0 Å². The van der Waals surface area contributed by atoms with Crippen molar-refractivity contribution in [2.75, 3.05) is 19.0 Å². The van der Waals surface area contributed by atoms with Gasteiger partial charge in [-0.3, -0.25) is 4.79 Å². The molecule has 0 atom stereocenters. The average molecular weight is 369 g/mol. The van der Waals surface area contributed by atoms with E-state index < -0.39 is 30.9 Å². The molecule has 0 spiro atoms. The first-order valence-corrected chi connectivity index (χ1v) is 7.24. The van der Waals surface area contributed by atoms with Gasteiger partial charge < -0.3 is 19.5 Å². The summed E-state index contributed by atoms with van der Waals surface area (Å²) in [5.41, 5.74) is 0.184. The number of halogens is 3. The number of carbonyl (C=O) groups excluding carboxylic acids is 2. The molecule has 9 heteroatoms. The van der Waals surface area contributed by atoms with E-state index in [0.717, 1.165) is 18.2 Å². The first kappa shape index (κ1) is 19.1. The second-order valence-corrected chi connectivity index (χ2v) is 4.88. The number of nitrogens with one attached hydrogen (secondary N) is 1. The maximum absolute atomic E-state index is 13.0. The number of alkyl halides is 2. The number of esters is 1. The van der Waals surface area contributed by atoms with E-state index in [-0.39, 0.29) is 22.7 Å². The largest absolute Gasteiger partial charge is 0.493 e. The zero-order chi connectivity index (χ0) is 19.1. The molecule has 0 saturated carbocycles. The van der Waals surface area contributed by atoms with Crippen molar-refractivity contribution in [1.82, 2.24) is 0 Å². The minimum absolute atomic E-state index is 0.0259.